The number of amides is 3. The van der Waals surface area contributed by atoms with Crippen molar-refractivity contribution in [1.82, 2.24) is 35.2 Å². The van der Waals surface area contributed by atoms with E-state index < -0.39 is 0 Å². The first kappa shape index (κ1) is 29.4. The van der Waals surface area contributed by atoms with E-state index in [1.807, 2.05) is 40.2 Å². The normalized spacial score (nSPS) is 25.8. The van der Waals surface area contributed by atoms with Crippen LogP contribution >= 0.6 is 11.6 Å². The average molecular weight is 596 g/mol. The van der Waals surface area contributed by atoms with Gasteiger partial charge in [-0.05, 0) is 86.8 Å². The van der Waals surface area contributed by atoms with Gasteiger partial charge in [0.15, 0.2) is 0 Å². The lowest BCUT2D eigenvalue weighted by Gasteiger charge is -2.48. The number of carbonyl (C=O) groups is 2. The number of nitrogens with one attached hydrogen (secondary N) is 2. The van der Waals surface area contributed by atoms with E-state index in [1.54, 1.807) is 6.33 Å². The highest BCUT2D eigenvalue weighted by atomic mass is 35.5. The third kappa shape index (κ3) is 6.77. The number of piperidine rings is 1. The summed E-state index contributed by atoms with van der Waals surface area (Å²) in [6, 6.07) is 8.26. The van der Waals surface area contributed by atoms with Gasteiger partial charge in [0.25, 0.3) is 0 Å². The van der Waals surface area contributed by atoms with E-state index in [9.17, 15) is 9.59 Å². The van der Waals surface area contributed by atoms with Crippen molar-refractivity contribution in [3.8, 4) is 0 Å². The summed E-state index contributed by atoms with van der Waals surface area (Å²) in [5.74, 6) is 0.896. The van der Waals surface area contributed by atoms with Gasteiger partial charge in [-0.1, -0.05) is 43.0 Å². The second-order valence-corrected chi connectivity index (χ2v) is 13.5. The van der Waals surface area contributed by atoms with E-state index in [2.05, 4.69) is 25.6 Å². The third-order valence-electron chi connectivity index (χ3n) is 10.6. The van der Waals surface area contributed by atoms with Crippen LogP contribution in [0.25, 0.3) is 0 Å². The van der Waals surface area contributed by atoms with Crippen LogP contribution in [0.5, 0.6) is 0 Å². The second kappa shape index (κ2) is 13.3. The van der Waals surface area contributed by atoms with Crippen molar-refractivity contribution >= 4 is 23.5 Å². The minimum atomic E-state index is -0.277. The summed E-state index contributed by atoms with van der Waals surface area (Å²) >= 11 is 6.17. The molecule has 0 spiro atoms. The van der Waals surface area contributed by atoms with Gasteiger partial charge in [-0.15, -0.1) is 0 Å². The Kier molecular flexibility index (Phi) is 9.34. The Morgan fingerprint density at radius 3 is 2.40 bits per heavy atom. The van der Waals surface area contributed by atoms with E-state index in [0.717, 1.165) is 76.8 Å². The molecule has 3 heterocycles. The molecule has 2 aliphatic carbocycles. The summed E-state index contributed by atoms with van der Waals surface area (Å²) in [5.41, 5.74) is 1.29. The SMILES string of the molecule is O=C([C@@H](Cc1ccc(Cl)cc1)NC1CCC(N2CCNC2=O)CC1)N1CCC(Cn2cncn2)(C2CCCCC2)CC1. The van der Waals surface area contributed by atoms with Crippen molar-refractivity contribution in [3.63, 3.8) is 0 Å². The first-order valence-electron chi connectivity index (χ1n) is 16.2. The summed E-state index contributed by atoms with van der Waals surface area (Å²) in [6.07, 6.45) is 16.6. The number of carbonyl (C=O) groups excluding carboxylic acids is 2. The van der Waals surface area contributed by atoms with Crippen molar-refractivity contribution < 1.29 is 9.59 Å². The van der Waals surface area contributed by atoms with E-state index >= 15 is 0 Å². The van der Waals surface area contributed by atoms with E-state index in [0.29, 0.717) is 23.4 Å². The molecule has 42 heavy (non-hydrogen) atoms. The standard InChI is InChI=1S/C32H46ClN7O2/c33-26-8-6-24(7-9-26)20-29(37-27-10-12-28(13-11-27)40-19-16-35-31(40)42)30(41)38-17-14-32(15-18-38,21-39-23-34-22-36-39)25-4-2-1-3-5-25/h6-9,22-23,25,27-29,37H,1-5,10-21H2,(H,35,42)/t27?,28?,29-/m1/s1. The first-order chi connectivity index (χ1) is 20.5. The van der Waals surface area contributed by atoms with Crippen LogP contribution in [-0.2, 0) is 17.8 Å². The molecule has 0 bridgehead atoms. The van der Waals surface area contributed by atoms with Gasteiger partial charge in [0, 0.05) is 49.8 Å². The third-order valence-corrected chi connectivity index (χ3v) is 10.9. The summed E-state index contributed by atoms with van der Waals surface area (Å²) in [7, 11) is 0. The molecule has 1 aromatic heterocycles. The smallest absolute Gasteiger partial charge is 0.317 e. The monoisotopic (exact) mass is 595 g/mol. The lowest BCUT2D eigenvalue weighted by atomic mass is 9.63. The fraction of sp³-hybridized carbons (Fsp3) is 0.688. The lowest BCUT2D eigenvalue weighted by Crippen LogP contribution is -2.56. The van der Waals surface area contributed by atoms with Crippen LogP contribution in [0.3, 0.4) is 0 Å². The van der Waals surface area contributed by atoms with Crippen LogP contribution in [0.4, 0.5) is 4.79 Å². The number of nitrogens with zero attached hydrogens (tertiary/aromatic N) is 5. The summed E-state index contributed by atoms with van der Waals surface area (Å²) in [6.45, 7) is 4.02. The highest BCUT2D eigenvalue weighted by molar-refractivity contribution is 6.30. The van der Waals surface area contributed by atoms with Crippen molar-refractivity contribution in [3.05, 3.63) is 47.5 Å². The highest BCUT2D eigenvalue weighted by Crippen LogP contribution is 2.47. The van der Waals surface area contributed by atoms with Crippen LogP contribution in [-0.4, -0.2) is 80.8 Å². The molecule has 228 valence electrons. The summed E-state index contributed by atoms with van der Waals surface area (Å²) in [4.78, 5) is 34.7. The van der Waals surface area contributed by atoms with E-state index in [-0.39, 0.29) is 29.4 Å². The molecule has 6 rings (SSSR count). The molecule has 2 N–H and O–H groups in total. The molecular formula is C32H46ClN7O2. The Bertz CT molecular complexity index is 1170. The van der Waals surface area contributed by atoms with Crippen molar-refractivity contribution in [2.45, 2.75) is 102 Å². The Hall–Kier alpha value is -2.65. The number of likely N-dealkylation sites (tertiary alicyclic amines) is 1. The molecule has 4 aliphatic rings. The van der Waals surface area contributed by atoms with Crippen LogP contribution < -0.4 is 10.6 Å². The minimum absolute atomic E-state index is 0.0698. The predicted octanol–water partition coefficient (Wildman–Crippen LogP) is 4.66. The van der Waals surface area contributed by atoms with E-state index in [1.165, 1.54) is 32.1 Å². The zero-order valence-electron chi connectivity index (χ0n) is 24.7. The van der Waals surface area contributed by atoms with Gasteiger partial charge in [0.2, 0.25) is 5.91 Å². The zero-order valence-corrected chi connectivity index (χ0v) is 25.5. The fourth-order valence-electron chi connectivity index (χ4n) is 8.19. The van der Waals surface area contributed by atoms with Gasteiger partial charge in [-0.3, -0.25) is 9.48 Å². The molecule has 4 fully saturated rings. The Labute approximate surface area is 254 Å². The van der Waals surface area contributed by atoms with Crippen LogP contribution in [0.1, 0.15) is 76.2 Å². The number of benzene rings is 1. The molecule has 2 saturated carbocycles. The number of urea groups is 1. The molecule has 2 aliphatic heterocycles. The molecule has 1 atom stereocenters. The van der Waals surface area contributed by atoms with Crippen LogP contribution in [0.2, 0.25) is 5.02 Å². The van der Waals surface area contributed by atoms with Crippen molar-refractivity contribution in [2.24, 2.45) is 11.3 Å². The molecule has 1 aromatic carbocycles. The first-order valence-corrected chi connectivity index (χ1v) is 16.5. The summed E-state index contributed by atoms with van der Waals surface area (Å²) in [5, 5.41) is 11.9. The number of rotatable bonds is 9. The predicted molar refractivity (Wildman–Crippen MR) is 163 cm³/mol. The molecular weight excluding hydrogens is 550 g/mol. The lowest BCUT2D eigenvalue weighted by molar-refractivity contribution is -0.137. The van der Waals surface area contributed by atoms with Gasteiger partial charge < -0.3 is 20.4 Å². The second-order valence-electron chi connectivity index (χ2n) is 13.1. The minimum Gasteiger partial charge on any atom is -0.341 e. The molecule has 9 nitrogen and oxygen atoms in total. The quantitative estimate of drug-likeness (QED) is 0.440. The van der Waals surface area contributed by atoms with Crippen LogP contribution in [0, 0.1) is 11.3 Å². The Balaban J connectivity index is 1.12. The van der Waals surface area contributed by atoms with Gasteiger partial charge in [-0.2, -0.15) is 5.10 Å². The molecule has 2 saturated heterocycles. The van der Waals surface area contributed by atoms with Crippen LogP contribution in [0.15, 0.2) is 36.9 Å². The Morgan fingerprint density at radius 1 is 1.02 bits per heavy atom. The average Bonchev–Trinajstić information content (AvgIpc) is 3.70. The van der Waals surface area contributed by atoms with Crippen molar-refractivity contribution in [2.75, 3.05) is 26.2 Å². The molecule has 0 unspecified atom stereocenters. The topological polar surface area (TPSA) is 95.4 Å². The summed E-state index contributed by atoms with van der Waals surface area (Å²) < 4.78 is 2.01. The zero-order chi connectivity index (χ0) is 28.9. The Morgan fingerprint density at radius 2 is 1.76 bits per heavy atom. The molecule has 0 radical (unpaired) electrons. The number of aromatic nitrogens is 3. The van der Waals surface area contributed by atoms with Crippen molar-refractivity contribution in [1.29, 1.82) is 0 Å². The van der Waals surface area contributed by atoms with Gasteiger partial charge in [0.05, 0.1) is 6.04 Å². The van der Waals surface area contributed by atoms with E-state index in [4.69, 9.17) is 11.6 Å². The highest BCUT2D eigenvalue weighted by Gasteiger charge is 2.44. The molecule has 3 amide bonds. The number of hydrogen-bond donors (Lipinski definition) is 2. The maximum absolute atomic E-state index is 14.2. The maximum Gasteiger partial charge on any atom is 0.317 e. The number of hydrogen-bond acceptors (Lipinski definition) is 5. The van der Waals surface area contributed by atoms with Gasteiger partial charge in [-0.25, -0.2) is 9.78 Å². The number of halogens is 1. The molecule has 2 aromatic rings. The van der Waals surface area contributed by atoms with Gasteiger partial charge in [0.1, 0.15) is 12.7 Å². The largest absolute Gasteiger partial charge is 0.341 e. The molecule has 10 heteroatoms. The van der Waals surface area contributed by atoms with Gasteiger partial charge >= 0.3 is 6.03 Å². The maximum atomic E-state index is 14.2. The fourth-order valence-corrected chi connectivity index (χ4v) is 8.31.